The number of rotatable bonds is 4. The van der Waals surface area contributed by atoms with Gasteiger partial charge in [0.05, 0.1) is 11.4 Å². The normalized spacial score (nSPS) is 22.6. The number of fused-ring (bicyclic) bond motifs is 1. The Bertz CT molecular complexity index is 1030. The number of nitrogens with zero attached hydrogens (tertiary/aromatic N) is 2. The molecular formula is C20H18F5N3O. The molecule has 2 aromatic rings. The standard InChI is InChI=1S/C20H18F5N3O/c1-11-7-12(20(23,24)25)8-15-16(11)17(26-10-13-9-19(13,21)22)27-18(29)28(15)14-5-3-2-4-6-14/h2-6,8,11,13H,7,9-10H2,1H3,(H,26,27,29). The molecule has 0 amide bonds. The Morgan fingerprint density at radius 3 is 2.48 bits per heavy atom. The maximum absolute atomic E-state index is 13.4. The van der Waals surface area contributed by atoms with Gasteiger partial charge in [0.1, 0.15) is 5.82 Å². The zero-order valence-corrected chi connectivity index (χ0v) is 15.4. The van der Waals surface area contributed by atoms with Gasteiger partial charge in [0.2, 0.25) is 0 Å². The average molecular weight is 411 g/mol. The van der Waals surface area contributed by atoms with Crippen LogP contribution >= 0.6 is 0 Å². The van der Waals surface area contributed by atoms with Crippen molar-refractivity contribution < 1.29 is 22.0 Å². The fourth-order valence-electron chi connectivity index (χ4n) is 3.70. The number of nitrogens with one attached hydrogen (secondary N) is 1. The lowest BCUT2D eigenvalue weighted by molar-refractivity contribution is -0.0937. The third-order valence-electron chi connectivity index (χ3n) is 5.35. The Hall–Kier alpha value is -2.71. The summed E-state index contributed by atoms with van der Waals surface area (Å²) < 4.78 is 67.8. The monoisotopic (exact) mass is 411 g/mol. The van der Waals surface area contributed by atoms with Crippen LogP contribution in [0.1, 0.15) is 36.9 Å². The molecule has 1 aromatic carbocycles. The van der Waals surface area contributed by atoms with Crippen LogP contribution in [0.5, 0.6) is 0 Å². The smallest absolute Gasteiger partial charge is 0.369 e. The molecule has 1 aromatic heterocycles. The summed E-state index contributed by atoms with van der Waals surface area (Å²) >= 11 is 0. The van der Waals surface area contributed by atoms with Crippen molar-refractivity contribution in [2.45, 2.75) is 37.8 Å². The van der Waals surface area contributed by atoms with Crippen LogP contribution < -0.4 is 11.0 Å². The Morgan fingerprint density at radius 2 is 1.90 bits per heavy atom. The Morgan fingerprint density at radius 1 is 1.24 bits per heavy atom. The van der Waals surface area contributed by atoms with Gasteiger partial charge in [0.15, 0.2) is 0 Å². The number of hydrogen-bond acceptors (Lipinski definition) is 3. The van der Waals surface area contributed by atoms with Gasteiger partial charge < -0.3 is 5.32 Å². The Labute approximate surface area is 163 Å². The van der Waals surface area contributed by atoms with Crippen molar-refractivity contribution in [2.75, 3.05) is 11.9 Å². The molecule has 154 valence electrons. The zero-order chi connectivity index (χ0) is 21.0. The molecule has 0 spiro atoms. The number of hydrogen-bond donors (Lipinski definition) is 1. The SMILES string of the molecule is CC1CC(C(F)(F)F)=Cc2c1c(NCC1CC1(F)F)nc(=O)n2-c1ccccc1. The first-order valence-corrected chi connectivity index (χ1v) is 9.20. The van der Waals surface area contributed by atoms with Crippen LogP contribution in [0, 0.1) is 5.92 Å². The van der Waals surface area contributed by atoms with E-state index in [0.717, 1.165) is 10.6 Å². The number of alkyl halides is 5. The van der Waals surface area contributed by atoms with Gasteiger partial charge in [-0.2, -0.15) is 18.2 Å². The van der Waals surface area contributed by atoms with E-state index in [0.29, 0.717) is 11.3 Å². The van der Waals surface area contributed by atoms with Crippen molar-refractivity contribution in [3.63, 3.8) is 0 Å². The molecule has 0 bridgehead atoms. The van der Waals surface area contributed by atoms with Crippen molar-refractivity contribution in [1.29, 1.82) is 0 Å². The lowest BCUT2D eigenvalue weighted by Crippen LogP contribution is -2.30. The summed E-state index contributed by atoms with van der Waals surface area (Å²) in [6, 6.07) is 8.25. The van der Waals surface area contributed by atoms with Gasteiger partial charge in [-0.3, -0.25) is 4.57 Å². The van der Waals surface area contributed by atoms with E-state index in [1.807, 2.05) is 0 Å². The molecule has 4 rings (SSSR count). The highest BCUT2D eigenvalue weighted by Crippen LogP contribution is 2.49. The van der Waals surface area contributed by atoms with Crippen molar-refractivity contribution in [3.05, 3.63) is 57.6 Å². The van der Waals surface area contributed by atoms with Gasteiger partial charge in [0.25, 0.3) is 5.92 Å². The number of benzene rings is 1. The van der Waals surface area contributed by atoms with Crippen LogP contribution in [0.25, 0.3) is 11.8 Å². The summed E-state index contributed by atoms with van der Waals surface area (Å²) in [5.41, 5.74) is -0.634. The minimum absolute atomic E-state index is 0.0739. The summed E-state index contributed by atoms with van der Waals surface area (Å²) in [7, 11) is 0. The van der Waals surface area contributed by atoms with Gasteiger partial charge in [-0.25, -0.2) is 13.6 Å². The second-order valence-electron chi connectivity index (χ2n) is 7.53. The van der Waals surface area contributed by atoms with Gasteiger partial charge in [-0.05, 0) is 30.5 Å². The Balaban J connectivity index is 1.86. The quantitative estimate of drug-likeness (QED) is 0.739. The third kappa shape index (κ3) is 3.65. The van der Waals surface area contributed by atoms with Crippen LogP contribution in [-0.4, -0.2) is 28.2 Å². The largest absolute Gasteiger partial charge is 0.412 e. The molecule has 1 heterocycles. The molecule has 0 saturated heterocycles. The van der Waals surface area contributed by atoms with Gasteiger partial charge in [-0.1, -0.05) is 25.1 Å². The first-order chi connectivity index (χ1) is 13.6. The molecule has 4 nitrogen and oxygen atoms in total. The molecule has 2 atom stereocenters. The van der Waals surface area contributed by atoms with Gasteiger partial charge >= 0.3 is 11.9 Å². The molecule has 1 fully saturated rings. The molecular weight excluding hydrogens is 393 g/mol. The van der Waals surface area contributed by atoms with E-state index in [1.165, 1.54) is 0 Å². The molecule has 9 heteroatoms. The highest BCUT2D eigenvalue weighted by Gasteiger charge is 2.56. The number of halogens is 5. The van der Waals surface area contributed by atoms with E-state index in [9.17, 15) is 26.7 Å². The van der Waals surface area contributed by atoms with Gasteiger partial charge in [-0.15, -0.1) is 0 Å². The molecule has 0 aliphatic heterocycles. The van der Waals surface area contributed by atoms with E-state index >= 15 is 0 Å². The topological polar surface area (TPSA) is 46.9 Å². The average Bonchev–Trinajstić information content (AvgIpc) is 3.26. The molecule has 2 unspecified atom stereocenters. The zero-order valence-electron chi connectivity index (χ0n) is 15.4. The summed E-state index contributed by atoms with van der Waals surface area (Å²) in [6.07, 6.45) is -4.10. The van der Waals surface area contributed by atoms with E-state index in [-0.39, 0.29) is 30.9 Å². The van der Waals surface area contributed by atoms with Crippen LogP contribution in [0.4, 0.5) is 27.8 Å². The van der Waals surface area contributed by atoms with Crippen LogP contribution in [-0.2, 0) is 0 Å². The van der Waals surface area contributed by atoms with Crippen molar-refractivity contribution in [1.82, 2.24) is 9.55 Å². The predicted octanol–water partition coefficient (Wildman–Crippen LogP) is 4.75. The van der Waals surface area contributed by atoms with E-state index in [2.05, 4.69) is 10.3 Å². The minimum Gasteiger partial charge on any atom is -0.369 e. The van der Waals surface area contributed by atoms with Gasteiger partial charge in [0, 0.05) is 30.0 Å². The molecule has 29 heavy (non-hydrogen) atoms. The van der Waals surface area contributed by atoms with Crippen LogP contribution in [0.2, 0.25) is 0 Å². The number of para-hydroxylation sites is 1. The van der Waals surface area contributed by atoms with Crippen molar-refractivity contribution in [3.8, 4) is 5.69 Å². The summed E-state index contributed by atoms with van der Waals surface area (Å²) in [5.74, 6) is -4.14. The molecule has 1 N–H and O–H groups in total. The highest BCUT2D eigenvalue weighted by atomic mass is 19.4. The van der Waals surface area contributed by atoms with Crippen LogP contribution in [0.3, 0.4) is 0 Å². The summed E-state index contributed by atoms with van der Waals surface area (Å²) in [6.45, 7) is 1.51. The van der Waals surface area contributed by atoms with Crippen LogP contribution in [0.15, 0.2) is 40.7 Å². The maximum Gasteiger partial charge on any atom is 0.412 e. The summed E-state index contributed by atoms with van der Waals surface area (Å²) in [4.78, 5) is 16.7. The maximum atomic E-state index is 13.4. The molecule has 2 aliphatic carbocycles. The highest BCUT2D eigenvalue weighted by molar-refractivity contribution is 5.67. The Kier molecular flexibility index (Phi) is 4.51. The fourth-order valence-corrected chi connectivity index (χ4v) is 3.70. The van der Waals surface area contributed by atoms with E-state index in [1.54, 1.807) is 37.3 Å². The predicted molar refractivity (Wildman–Crippen MR) is 98.4 cm³/mol. The minimum atomic E-state index is -4.53. The van der Waals surface area contributed by atoms with Crippen molar-refractivity contribution in [2.24, 2.45) is 5.92 Å². The molecule has 1 saturated carbocycles. The summed E-state index contributed by atoms with van der Waals surface area (Å²) in [5, 5.41) is 2.78. The lowest BCUT2D eigenvalue weighted by Gasteiger charge is -2.28. The lowest BCUT2D eigenvalue weighted by atomic mass is 9.86. The molecule has 2 aliphatic rings. The third-order valence-corrected chi connectivity index (χ3v) is 5.35. The van der Waals surface area contributed by atoms with E-state index in [4.69, 9.17) is 0 Å². The fraction of sp³-hybridized carbons (Fsp3) is 0.400. The first-order valence-electron chi connectivity index (χ1n) is 9.20. The second kappa shape index (κ2) is 6.67. The van der Waals surface area contributed by atoms with Crippen molar-refractivity contribution >= 4 is 11.9 Å². The number of allylic oxidation sites excluding steroid dienone is 1. The van der Waals surface area contributed by atoms with E-state index < -0.39 is 35.2 Å². The second-order valence-corrected chi connectivity index (χ2v) is 7.53. The first kappa shape index (κ1) is 19.6. The number of anilines is 1. The number of aromatic nitrogens is 2. The molecule has 0 radical (unpaired) electrons.